The molecule has 0 bridgehead atoms. The fourth-order valence-corrected chi connectivity index (χ4v) is 5.76. The van der Waals surface area contributed by atoms with Gasteiger partial charge in [-0.1, -0.05) is 0 Å². The van der Waals surface area contributed by atoms with Gasteiger partial charge in [0.15, 0.2) is 0 Å². The third-order valence-corrected chi connectivity index (χ3v) is 7.52. The second-order valence-electron chi connectivity index (χ2n) is 11.8. The van der Waals surface area contributed by atoms with E-state index in [4.69, 9.17) is 9.72 Å². The third-order valence-electron chi connectivity index (χ3n) is 7.52. The van der Waals surface area contributed by atoms with E-state index in [0.717, 1.165) is 66.1 Å². The molecule has 6 heterocycles. The van der Waals surface area contributed by atoms with Gasteiger partial charge in [0.1, 0.15) is 17.5 Å². The molecule has 0 N–H and O–H groups in total. The molecule has 200 valence electrons. The van der Waals surface area contributed by atoms with E-state index in [-0.39, 0.29) is 11.5 Å². The summed E-state index contributed by atoms with van der Waals surface area (Å²) in [6.45, 7) is 8.89. The third kappa shape index (κ3) is 4.69. The maximum Gasteiger partial charge on any atom is 0.410 e. The highest BCUT2D eigenvalue weighted by molar-refractivity contribution is 5.87. The number of anilines is 1. The number of nitrogens with zero attached hydrogens (tertiary/aromatic N) is 8. The highest BCUT2D eigenvalue weighted by Crippen LogP contribution is 2.41. The average molecular weight is 525 g/mol. The van der Waals surface area contributed by atoms with Gasteiger partial charge >= 0.3 is 6.09 Å². The van der Waals surface area contributed by atoms with Crippen LogP contribution in [0.4, 0.5) is 10.6 Å². The lowest BCUT2D eigenvalue weighted by Gasteiger charge is -2.54. The summed E-state index contributed by atoms with van der Waals surface area (Å²) in [6.07, 6.45) is 11.0. The number of hydrogen-bond donors (Lipinski definition) is 0. The molecular formula is C29H32N8O2. The number of aryl methyl sites for hydroxylation is 1. The van der Waals surface area contributed by atoms with Crippen LogP contribution in [0.5, 0.6) is 0 Å². The number of amides is 1. The van der Waals surface area contributed by atoms with Gasteiger partial charge in [0, 0.05) is 79.5 Å². The van der Waals surface area contributed by atoms with E-state index in [9.17, 15) is 10.1 Å². The van der Waals surface area contributed by atoms with Crippen LogP contribution in [0.1, 0.15) is 39.2 Å². The predicted molar refractivity (Wildman–Crippen MR) is 147 cm³/mol. The van der Waals surface area contributed by atoms with Crippen LogP contribution in [0.2, 0.25) is 0 Å². The summed E-state index contributed by atoms with van der Waals surface area (Å²) in [7, 11) is 1.88. The molecule has 0 aliphatic carbocycles. The zero-order valence-corrected chi connectivity index (χ0v) is 22.8. The van der Waals surface area contributed by atoms with Gasteiger partial charge in [0.05, 0.1) is 23.5 Å². The van der Waals surface area contributed by atoms with E-state index in [2.05, 4.69) is 33.3 Å². The van der Waals surface area contributed by atoms with Crippen LogP contribution in [-0.4, -0.2) is 67.2 Å². The quantitative estimate of drug-likeness (QED) is 0.388. The maximum atomic E-state index is 12.6. The lowest BCUT2D eigenvalue weighted by molar-refractivity contribution is -0.00155. The molecule has 2 saturated heterocycles. The summed E-state index contributed by atoms with van der Waals surface area (Å²) in [4.78, 5) is 21.6. The molecule has 6 rings (SSSR count). The molecule has 0 aromatic carbocycles. The molecule has 39 heavy (non-hydrogen) atoms. The van der Waals surface area contributed by atoms with Gasteiger partial charge < -0.3 is 14.5 Å². The Morgan fingerprint density at radius 2 is 1.87 bits per heavy atom. The number of fused-ring (bicyclic) bond motifs is 1. The fourth-order valence-electron chi connectivity index (χ4n) is 5.76. The zero-order chi connectivity index (χ0) is 27.4. The number of piperidine rings is 1. The number of hydrogen-bond acceptors (Lipinski definition) is 7. The summed E-state index contributed by atoms with van der Waals surface area (Å²) in [6, 6.07) is 8.42. The Labute approximate surface area is 227 Å². The van der Waals surface area contributed by atoms with Crippen LogP contribution >= 0.6 is 0 Å². The van der Waals surface area contributed by atoms with Crippen molar-refractivity contribution < 1.29 is 9.53 Å². The van der Waals surface area contributed by atoms with Gasteiger partial charge in [-0.3, -0.25) is 4.68 Å². The lowest BCUT2D eigenvalue weighted by Crippen LogP contribution is -2.64. The largest absolute Gasteiger partial charge is 0.444 e. The molecule has 0 radical (unpaired) electrons. The molecule has 1 spiro atoms. The molecule has 4 aromatic rings. The Morgan fingerprint density at radius 1 is 1.05 bits per heavy atom. The highest BCUT2D eigenvalue weighted by atomic mass is 16.6. The topological polar surface area (TPSA) is 105 Å². The predicted octanol–water partition coefficient (Wildman–Crippen LogP) is 4.51. The summed E-state index contributed by atoms with van der Waals surface area (Å²) < 4.78 is 9.13. The Balaban J connectivity index is 1.22. The molecular weight excluding hydrogens is 492 g/mol. The highest BCUT2D eigenvalue weighted by Gasteiger charge is 2.47. The van der Waals surface area contributed by atoms with Crippen molar-refractivity contribution in [3.05, 3.63) is 54.7 Å². The van der Waals surface area contributed by atoms with Crippen molar-refractivity contribution in [3.8, 4) is 28.3 Å². The maximum absolute atomic E-state index is 12.6. The Bertz CT molecular complexity index is 1580. The van der Waals surface area contributed by atoms with Crippen LogP contribution in [0, 0.1) is 16.7 Å². The molecule has 0 atom stereocenters. The second-order valence-corrected chi connectivity index (χ2v) is 11.8. The number of pyridine rings is 2. The summed E-state index contributed by atoms with van der Waals surface area (Å²) >= 11 is 0. The molecule has 0 saturated carbocycles. The first-order valence-corrected chi connectivity index (χ1v) is 13.2. The zero-order valence-electron chi connectivity index (χ0n) is 22.8. The van der Waals surface area contributed by atoms with Crippen molar-refractivity contribution >= 4 is 17.4 Å². The van der Waals surface area contributed by atoms with Crippen LogP contribution in [-0.2, 0) is 11.8 Å². The van der Waals surface area contributed by atoms with Crippen molar-refractivity contribution in [3.63, 3.8) is 0 Å². The van der Waals surface area contributed by atoms with E-state index in [1.165, 1.54) is 0 Å². The summed E-state index contributed by atoms with van der Waals surface area (Å²) in [5.74, 6) is 0.909. The number of rotatable bonds is 3. The first kappa shape index (κ1) is 24.9. The summed E-state index contributed by atoms with van der Waals surface area (Å²) in [5, 5.41) is 18.4. The van der Waals surface area contributed by atoms with Crippen molar-refractivity contribution in [1.29, 1.82) is 5.26 Å². The van der Waals surface area contributed by atoms with E-state index in [1.807, 2.05) is 63.6 Å². The number of nitriles is 1. The Hall–Kier alpha value is -4.39. The Kier molecular flexibility index (Phi) is 5.83. The van der Waals surface area contributed by atoms with Gasteiger partial charge in [-0.15, -0.1) is 0 Å². The van der Waals surface area contributed by atoms with Crippen molar-refractivity contribution in [2.75, 3.05) is 31.1 Å². The van der Waals surface area contributed by atoms with Crippen molar-refractivity contribution in [2.24, 2.45) is 12.5 Å². The molecule has 1 amide bonds. The number of carbonyl (C=O) groups excluding carboxylic acids is 1. The minimum absolute atomic E-state index is 0.0824. The minimum Gasteiger partial charge on any atom is -0.444 e. The normalized spacial score (nSPS) is 16.8. The molecule has 2 aliphatic rings. The average Bonchev–Trinajstić information content (AvgIpc) is 3.52. The molecule has 2 aliphatic heterocycles. The fraction of sp³-hybridized carbons (Fsp3) is 0.414. The van der Waals surface area contributed by atoms with Gasteiger partial charge in [-0.25, -0.2) is 14.3 Å². The number of carbonyl (C=O) groups is 1. The molecule has 4 aromatic heterocycles. The van der Waals surface area contributed by atoms with E-state index in [1.54, 1.807) is 15.4 Å². The first-order chi connectivity index (χ1) is 18.6. The number of ether oxygens (including phenoxy) is 1. The molecule has 10 nitrogen and oxygen atoms in total. The van der Waals surface area contributed by atoms with Crippen molar-refractivity contribution in [1.82, 2.24) is 29.3 Å². The monoisotopic (exact) mass is 524 g/mol. The van der Waals surface area contributed by atoms with Gasteiger partial charge in [-0.05, 0) is 51.8 Å². The van der Waals surface area contributed by atoms with Crippen LogP contribution in [0.25, 0.3) is 27.8 Å². The van der Waals surface area contributed by atoms with Gasteiger partial charge in [0.25, 0.3) is 0 Å². The molecule has 0 unspecified atom stereocenters. The van der Waals surface area contributed by atoms with Gasteiger partial charge in [-0.2, -0.15) is 15.5 Å². The van der Waals surface area contributed by atoms with Crippen LogP contribution < -0.4 is 4.90 Å². The first-order valence-electron chi connectivity index (χ1n) is 13.2. The van der Waals surface area contributed by atoms with Crippen molar-refractivity contribution in [2.45, 2.75) is 39.2 Å². The van der Waals surface area contributed by atoms with Crippen LogP contribution in [0.3, 0.4) is 0 Å². The Morgan fingerprint density at radius 3 is 2.54 bits per heavy atom. The SMILES string of the molecule is Cn1cc(-c2cc(-c3ccc(N4CC5(CCCN(C(=O)OC(C)(C)C)C5)C4)nc3)c3c(C#N)cnn3c2)cn1. The summed E-state index contributed by atoms with van der Waals surface area (Å²) in [5.41, 5.74) is 4.60. The molecule has 10 heteroatoms. The van der Waals surface area contributed by atoms with E-state index in [0.29, 0.717) is 12.1 Å². The number of likely N-dealkylation sites (tertiary alicyclic amines) is 1. The van der Waals surface area contributed by atoms with Gasteiger partial charge in [0.2, 0.25) is 0 Å². The van der Waals surface area contributed by atoms with E-state index >= 15 is 0 Å². The van der Waals surface area contributed by atoms with E-state index < -0.39 is 5.60 Å². The smallest absolute Gasteiger partial charge is 0.410 e. The standard InChI is InChI=1S/C29H32N8O2/c1-28(2,3)39-27(38)35-9-5-8-29(17-35)18-36(19-29)25-7-6-20(12-31-25)24-10-21(23-14-32-34(4)15-23)16-37-26(24)22(11-30)13-33-37/h6-7,10,12-16H,5,8-9,17-19H2,1-4H3. The second kappa shape index (κ2) is 9.12. The lowest BCUT2D eigenvalue weighted by atomic mass is 9.73. The minimum atomic E-state index is -0.493. The number of aromatic nitrogens is 5. The molecule has 2 fully saturated rings. The van der Waals surface area contributed by atoms with Crippen LogP contribution in [0.15, 0.2) is 49.2 Å².